The zero-order valence-corrected chi connectivity index (χ0v) is 15.3. The quantitative estimate of drug-likeness (QED) is 0.825. The first-order chi connectivity index (χ1) is 11.2. The van der Waals surface area contributed by atoms with E-state index in [1.54, 1.807) is 7.11 Å². The Bertz CT molecular complexity index is 551. The number of carbonyl (C=O) groups is 1. The minimum Gasteiger partial charge on any atom is -0.384 e. The van der Waals surface area contributed by atoms with Crippen molar-refractivity contribution in [2.45, 2.75) is 38.5 Å². The van der Waals surface area contributed by atoms with Crippen molar-refractivity contribution in [2.75, 3.05) is 33.4 Å². The van der Waals surface area contributed by atoms with Crippen LogP contribution in [0.5, 0.6) is 0 Å². The van der Waals surface area contributed by atoms with Crippen LogP contribution in [0.1, 0.15) is 36.0 Å². The number of aryl methyl sites for hydroxylation is 2. The van der Waals surface area contributed by atoms with Gasteiger partial charge in [0, 0.05) is 19.1 Å². The molecule has 1 saturated heterocycles. The molecule has 1 fully saturated rings. The van der Waals surface area contributed by atoms with Gasteiger partial charge in [-0.1, -0.05) is 18.2 Å². The van der Waals surface area contributed by atoms with E-state index in [4.69, 9.17) is 4.74 Å². The molecular formula is C19H29ClN2O2. The molecule has 1 heterocycles. The van der Waals surface area contributed by atoms with Crippen LogP contribution < -0.4 is 10.6 Å². The fourth-order valence-corrected chi connectivity index (χ4v) is 3.90. The number of ether oxygens (including phenoxy) is 1. The third kappa shape index (κ3) is 4.71. The highest BCUT2D eigenvalue weighted by Gasteiger charge is 2.32. The number of nitrogens with one attached hydrogen (secondary N) is 2. The van der Waals surface area contributed by atoms with Gasteiger partial charge < -0.3 is 15.4 Å². The zero-order chi connectivity index (χ0) is 16.1. The van der Waals surface area contributed by atoms with Gasteiger partial charge in [0.25, 0.3) is 0 Å². The van der Waals surface area contributed by atoms with Crippen molar-refractivity contribution in [1.29, 1.82) is 0 Å². The van der Waals surface area contributed by atoms with E-state index in [1.807, 2.05) is 0 Å². The molecule has 1 aliphatic carbocycles. The number of methoxy groups -OCH3 is 1. The minimum atomic E-state index is 0. The lowest BCUT2D eigenvalue weighted by Gasteiger charge is -2.37. The summed E-state index contributed by atoms with van der Waals surface area (Å²) in [6.45, 7) is 3.44. The summed E-state index contributed by atoms with van der Waals surface area (Å²) in [4.78, 5) is 12.3. The van der Waals surface area contributed by atoms with Gasteiger partial charge in [-0.25, -0.2) is 0 Å². The van der Waals surface area contributed by atoms with Gasteiger partial charge >= 0.3 is 0 Å². The fourth-order valence-electron chi connectivity index (χ4n) is 3.90. The molecule has 0 radical (unpaired) electrons. The molecule has 2 N–H and O–H groups in total. The second-order valence-corrected chi connectivity index (χ2v) is 7.09. The molecule has 0 unspecified atom stereocenters. The van der Waals surface area contributed by atoms with Gasteiger partial charge in [-0.05, 0) is 61.9 Å². The van der Waals surface area contributed by atoms with Crippen molar-refractivity contribution in [3.63, 3.8) is 0 Å². The third-order valence-corrected chi connectivity index (χ3v) is 5.30. The van der Waals surface area contributed by atoms with Crippen molar-refractivity contribution in [2.24, 2.45) is 5.41 Å². The lowest BCUT2D eigenvalue weighted by Crippen LogP contribution is -2.47. The summed E-state index contributed by atoms with van der Waals surface area (Å²) in [5.41, 5.74) is 4.12. The molecule has 0 atom stereocenters. The van der Waals surface area contributed by atoms with Gasteiger partial charge in [-0.15, -0.1) is 12.4 Å². The summed E-state index contributed by atoms with van der Waals surface area (Å²) >= 11 is 0. The lowest BCUT2D eigenvalue weighted by molar-refractivity contribution is -0.121. The highest BCUT2D eigenvalue weighted by Crippen LogP contribution is 2.28. The Morgan fingerprint density at radius 2 is 2.00 bits per heavy atom. The zero-order valence-electron chi connectivity index (χ0n) is 14.5. The predicted molar refractivity (Wildman–Crippen MR) is 98.8 cm³/mol. The first kappa shape index (κ1) is 19.2. The van der Waals surface area contributed by atoms with Gasteiger partial charge in [0.05, 0.1) is 13.0 Å². The van der Waals surface area contributed by atoms with E-state index >= 15 is 0 Å². The highest BCUT2D eigenvalue weighted by atomic mass is 35.5. The summed E-state index contributed by atoms with van der Waals surface area (Å²) in [5, 5.41) is 6.53. The van der Waals surface area contributed by atoms with Crippen LogP contribution in [0.3, 0.4) is 0 Å². The Hall–Kier alpha value is -1.10. The first-order valence-corrected chi connectivity index (χ1v) is 8.78. The number of hydrogen-bond donors (Lipinski definition) is 2. The number of fused-ring (bicyclic) bond motifs is 1. The number of piperidine rings is 1. The summed E-state index contributed by atoms with van der Waals surface area (Å²) in [6.07, 6.45) is 6.19. The van der Waals surface area contributed by atoms with Crippen LogP contribution in [0.4, 0.5) is 0 Å². The Morgan fingerprint density at radius 1 is 1.25 bits per heavy atom. The number of hydrogen-bond acceptors (Lipinski definition) is 3. The molecule has 134 valence electrons. The summed E-state index contributed by atoms with van der Waals surface area (Å²) in [6, 6.07) is 6.53. The van der Waals surface area contributed by atoms with Gasteiger partial charge in [-0.3, -0.25) is 4.79 Å². The van der Waals surface area contributed by atoms with Crippen molar-refractivity contribution >= 4 is 18.3 Å². The van der Waals surface area contributed by atoms with Crippen molar-refractivity contribution in [3.05, 3.63) is 34.9 Å². The maximum atomic E-state index is 12.3. The molecule has 0 bridgehead atoms. The number of rotatable bonds is 6. The number of benzene rings is 1. The molecule has 1 aromatic rings. The molecule has 3 rings (SSSR count). The maximum Gasteiger partial charge on any atom is 0.224 e. The van der Waals surface area contributed by atoms with Crippen LogP contribution in [0.15, 0.2) is 18.2 Å². The second kappa shape index (κ2) is 8.84. The second-order valence-electron chi connectivity index (χ2n) is 7.09. The standard InChI is InChI=1S/C19H28N2O2.ClH/c1-23-14-19(7-9-20-10-8-19)13-21-18(22)12-15-5-6-16-3-2-4-17(16)11-15;/h5-6,11,20H,2-4,7-10,12-14H2,1H3,(H,21,22);1H. The summed E-state index contributed by atoms with van der Waals surface area (Å²) < 4.78 is 5.41. The van der Waals surface area contributed by atoms with E-state index in [-0.39, 0.29) is 23.7 Å². The molecule has 0 spiro atoms. The van der Waals surface area contributed by atoms with Crippen molar-refractivity contribution < 1.29 is 9.53 Å². The number of amides is 1. The van der Waals surface area contributed by atoms with E-state index in [0.717, 1.165) is 37.9 Å². The summed E-state index contributed by atoms with van der Waals surface area (Å²) in [7, 11) is 1.75. The van der Waals surface area contributed by atoms with Crippen LogP contribution in [-0.4, -0.2) is 39.3 Å². The molecule has 1 amide bonds. The van der Waals surface area contributed by atoms with E-state index in [0.29, 0.717) is 19.6 Å². The van der Waals surface area contributed by atoms with Gasteiger partial charge in [0.1, 0.15) is 0 Å². The fraction of sp³-hybridized carbons (Fsp3) is 0.632. The summed E-state index contributed by atoms with van der Waals surface area (Å²) in [5.74, 6) is 0.122. The minimum absolute atomic E-state index is 0. The Labute approximate surface area is 151 Å². The molecule has 1 aromatic carbocycles. The van der Waals surface area contributed by atoms with Gasteiger partial charge in [-0.2, -0.15) is 0 Å². The highest BCUT2D eigenvalue weighted by molar-refractivity contribution is 5.85. The molecule has 5 heteroatoms. The molecule has 4 nitrogen and oxygen atoms in total. The average Bonchev–Trinajstić information content (AvgIpc) is 3.02. The lowest BCUT2D eigenvalue weighted by atomic mass is 9.79. The molecular weight excluding hydrogens is 324 g/mol. The largest absolute Gasteiger partial charge is 0.384 e. The molecule has 1 aliphatic heterocycles. The van der Waals surface area contributed by atoms with Crippen molar-refractivity contribution in [3.8, 4) is 0 Å². The van der Waals surface area contributed by atoms with Crippen LogP contribution in [0.2, 0.25) is 0 Å². The van der Waals surface area contributed by atoms with E-state index in [2.05, 4.69) is 28.8 Å². The maximum absolute atomic E-state index is 12.3. The van der Waals surface area contributed by atoms with Crippen LogP contribution in [0.25, 0.3) is 0 Å². The van der Waals surface area contributed by atoms with Gasteiger partial charge in [0.15, 0.2) is 0 Å². The monoisotopic (exact) mass is 352 g/mol. The topological polar surface area (TPSA) is 50.4 Å². The molecule has 0 saturated carbocycles. The average molecular weight is 353 g/mol. The normalized spacial score (nSPS) is 18.5. The number of carbonyl (C=O) groups excluding carboxylic acids is 1. The van der Waals surface area contributed by atoms with E-state index < -0.39 is 0 Å². The SMILES string of the molecule is COCC1(CNC(=O)Cc2ccc3c(c2)CCC3)CCNCC1.Cl. The van der Waals surface area contributed by atoms with Crippen LogP contribution in [0, 0.1) is 5.41 Å². The Morgan fingerprint density at radius 3 is 2.75 bits per heavy atom. The molecule has 2 aliphatic rings. The first-order valence-electron chi connectivity index (χ1n) is 8.78. The van der Waals surface area contributed by atoms with Crippen molar-refractivity contribution in [1.82, 2.24) is 10.6 Å². The molecule has 0 aromatic heterocycles. The third-order valence-electron chi connectivity index (χ3n) is 5.30. The van der Waals surface area contributed by atoms with Gasteiger partial charge in [0.2, 0.25) is 5.91 Å². The van der Waals surface area contributed by atoms with E-state index in [9.17, 15) is 4.79 Å². The number of halogens is 1. The smallest absolute Gasteiger partial charge is 0.224 e. The molecule has 24 heavy (non-hydrogen) atoms. The van der Waals surface area contributed by atoms with Crippen LogP contribution >= 0.6 is 12.4 Å². The van der Waals surface area contributed by atoms with E-state index in [1.165, 1.54) is 24.0 Å². The van der Waals surface area contributed by atoms with Crippen LogP contribution in [-0.2, 0) is 28.8 Å². The Balaban J connectivity index is 0.00000208. The Kier molecular flexibility index (Phi) is 7.08. The predicted octanol–water partition coefficient (Wildman–Crippen LogP) is 2.27.